The number of halogens is 1. The molecule has 21 heavy (non-hydrogen) atoms. The Kier molecular flexibility index (Phi) is 5.76. The second-order valence-electron chi connectivity index (χ2n) is 5.16. The molecule has 1 aromatic carbocycles. The van der Waals surface area contributed by atoms with Gasteiger partial charge < -0.3 is 15.5 Å². The Morgan fingerprint density at radius 2 is 2.10 bits per heavy atom. The van der Waals surface area contributed by atoms with Gasteiger partial charge in [0.05, 0.1) is 0 Å². The van der Waals surface area contributed by atoms with Gasteiger partial charge in [-0.15, -0.1) is 0 Å². The predicted molar refractivity (Wildman–Crippen MR) is 85.1 cm³/mol. The molecule has 1 saturated heterocycles. The molecule has 0 aromatic heterocycles. The number of hydrogen-bond acceptors (Lipinski definition) is 3. The molecule has 114 valence electrons. The average Bonchev–Trinajstić information content (AvgIpc) is 3.01. The minimum atomic E-state index is -0.152. The molecule has 5 nitrogen and oxygen atoms in total. The van der Waals surface area contributed by atoms with Crippen LogP contribution in [0.4, 0.5) is 0 Å². The Morgan fingerprint density at radius 1 is 1.38 bits per heavy atom. The third-order valence-corrected chi connectivity index (χ3v) is 4.23. The molecular weight excluding hydrogens is 334 g/mol. The molecule has 2 rings (SSSR count). The first-order valence-electron chi connectivity index (χ1n) is 7.08. The van der Waals surface area contributed by atoms with Crippen LogP contribution in [0.15, 0.2) is 28.7 Å². The third-order valence-electron chi connectivity index (χ3n) is 3.71. The molecule has 2 amide bonds. The van der Waals surface area contributed by atoms with E-state index in [2.05, 4.69) is 26.6 Å². The normalized spacial score (nSPS) is 17.5. The zero-order valence-corrected chi connectivity index (χ0v) is 13.6. The maximum atomic E-state index is 12.0. The molecule has 1 atom stereocenters. The van der Waals surface area contributed by atoms with Crippen LogP contribution in [-0.2, 0) is 4.79 Å². The first-order chi connectivity index (χ1) is 10.1. The Morgan fingerprint density at radius 3 is 2.71 bits per heavy atom. The van der Waals surface area contributed by atoms with Crippen LogP contribution in [0.25, 0.3) is 0 Å². The van der Waals surface area contributed by atoms with E-state index in [9.17, 15) is 9.59 Å². The summed E-state index contributed by atoms with van der Waals surface area (Å²) in [6.45, 7) is 2.17. The largest absolute Gasteiger partial charge is 0.352 e. The molecule has 1 unspecified atom stereocenters. The van der Waals surface area contributed by atoms with Crippen molar-refractivity contribution < 1.29 is 9.59 Å². The molecule has 0 aliphatic carbocycles. The molecule has 2 N–H and O–H groups in total. The van der Waals surface area contributed by atoms with Gasteiger partial charge in [0, 0.05) is 42.6 Å². The lowest BCUT2D eigenvalue weighted by molar-refractivity contribution is -0.131. The zero-order valence-electron chi connectivity index (χ0n) is 12.1. The molecule has 1 aromatic rings. The molecule has 6 heteroatoms. The predicted octanol–water partition coefficient (Wildman–Crippen LogP) is 1.39. The molecule has 0 spiro atoms. The van der Waals surface area contributed by atoms with Crippen LogP contribution in [0.3, 0.4) is 0 Å². The second kappa shape index (κ2) is 7.56. The Hall–Kier alpha value is -1.40. The van der Waals surface area contributed by atoms with Gasteiger partial charge in [-0.25, -0.2) is 0 Å². The van der Waals surface area contributed by atoms with Gasteiger partial charge in [-0.05, 0) is 37.2 Å². The van der Waals surface area contributed by atoms with Gasteiger partial charge in [0.2, 0.25) is 5.91 Å². The second-order valence-corrected chi connectivity index (χ2v) is 6.08. The number of hydrogen-bond donors (Lipinski definition) is 2. The zero-order chi connectivity index (χ0) is 15.2. The SMILES string of the molecule is CN(C(=O)CCNC(=O)c1ccc(Br)cc1)C1CCNC1. The van der Waals surface area contributed by atoms with E-state index in [4.69, 9.17) is 0 Å². The van der Waals surface area contributed by atoms with Crippen LogP contribution in [0, 0.1) is 0 Å². The van der Waals surface area contributed by atoms with Crippen LogP contribution < -0.4 is 10.6 Å². The fraction of sp³-hybridized carbons (Fsp3) is 0.467. The van der Waals surface area contributed by atoms with Crippen molar-refractivity contribution in [1.82, 2.24) is 15.5 Å². The monoisotopic (exact) mass is 353 g/mol. The van der Waals surface area contributed by atoms with E-state index >= 15 is 0 Å². The van der Waals surface area contributed by atoms with Crippen LogP contribution in [0.1, 0.15) is 23.2 Å². The summed E-state index contributed by atoms with van der Waals surface area (Å²) < 4.78 is 0.932. The van der Waals surface area contributed by atoms with E-state index in [-0.39, 0.29) is 17.9 Å². The molecular formula is C15H20BrN3O2. The lowest BCUT2D eigenvalue weighted by atomic mass is 10.2. The van der Waals surface area contributed by atoms with Crippen LogP contribution in [0.2, 0.25) is 0 Å². The third kappa shape index (κ3) is 4.54. The average molecular weight is 354 g/mol. The van der Waals surface area contributed by atoms with Gasteiger partial charge in [-0.1, -0.05) is 15.9 Å². The maximum absolute atomic E-state index is 12.0. The lowest BCUT2D eigenvalue weighted by Crippen LogP contribution is -2.40. The molecule has 1 aliphatic heterocycles. The summed E-state index contributed by atoms with van der Waals surface area (Å²) in [6.07, 6.45) is 1.32. The summed E-state index contributed by atoms with van der Waals surface area (Å²) in [5.74, 6) is -0.0831. The quantitative estimate of drug-likeness (QED) is 0.840. The minimum absolute atomic E-state index is 0.0693. The Bertz CT molecular complexity index is 498. The molecule has 0 saturated carbocycles. The topological polar surface area (TPSA) is 61.4 Å². The minimum Gasteiger partial charge on any atom is -0.352 e. The Balaban J connectivity index is 1.74. The van der Waals surface area contributed by atoms with Crippen molar-refractivity contribution in [1.29, 1.82) is 0 Å². The van der Waals surface area contributed by atoms with Crippen molar-refractivity contribution in [3.63, 3.8) is 0 Å². The van der Waals surface area contributed by atoms with E-state index in [1.165, 1.54) is 0 Å². The highest BCUT2D eigenvalue weighted by atomic mass is 79.9. The van der Waals surface area contributed by atoms with Crippen LogP contribution in [0.5, 0.6) is 0 Å². The number of rotatable bonds is 5. The number of nitrogens with one attached hydrogen (secondary N) is 2. The first-order valence-corrected chi connectivity index (χ1v) is 7.87. The fourth-order valence-electron chi connectivity index (χ4n) is 2.34. The van der Waals surface area contributed by atoms with Crippen LogP contribution >= 0.6 is 15.9 Å². The summed E-state index contributed by atoms with van der Waals surface area (Å²) in [5, 5.41) is 6.02. The van der Waals surface area contributed by atoms with Gasteiger partial charge >= 0.3 is 0 Å². The summed E-state index contributed by atoms with van der Waals surface area (Å²) in [4.78, 5) is 25.7. The summed E-state index contributed by atoms with van der Waals surface area (Å²) in [6, 6.07) is 7.41. The number of likely N-dealkylation sites (N-methyl/N-ethyl adjacent to an activating group) is 1. The molecule has 0 bridgehead atoms. The van der Waals surface area contributed by atoms with E-state index < -0.39 is 0 Å². The van der Waals surface area contributed by atoms with Gasteiger partial charge in [0.25, 0.3) is 5.91 Å². The highest BCUT2D eigenvalue weighted by molar-refractivity contribution is 9.10. The number of amides is 2. The van der Waals surface area contributed by atoms with Gasteiger partial charge in [-0.3, -0.25) is 9.59 Å². The van der Waals surface area contributed by atoms with Gasteiger partial charge in [0.1, 0.15) is 0 Å². The number of benzene rings is 1. The molecule has 1 fully saturated rings. The Labute approximate surface area is 133 Å². The van der Waals surface area contributed by atoms with Gasteiger partial charge in [0.15, 0.2) is 0 Å². The first kappa shape index (κ1) is 16.0. The number of nitrogens with zero attached hydrogens (tertiary/aromatic N) is 1. The van der Waals surface area contributed by atoms with E-state index in [0.29, 0.717) is 18.5 Å². The van der Waals surface area contributed by atoms with Gasteiger partial charge in [-0.2, -0.15) is 0 Å². The maximum Gasteiger partial charge on any atom is 0.251 e. The van der Waals surface area contributed by atoms with E-state index in [0.717, 1.165) is 24.0 Å². The van der Waals surface area contributed by atoms with E-state index in [1.54, 1.807) is 17.0 Å². The summed E-state index contributed by atoms with van der Waals surface area (Å²) in [5.41, 5.74) is 0.596. The van der Waals surface area contributed by atoms with Crippen LogP contribution in [-0.4, -0.2) is 49.4 Å². The smallest absolute Gasteiger partial charge is 0.251 e. The molecule has 0 radical (unpaired) electrons. The number of carbonyl (C=O) groups excluding carboxylic acids is 2. The van der Waals surface area contributed by atoms with Crippen molar-refractivity contribution in [2.24, 2.45) is 0 Å². The summed E-state index contributed by atoms with van der Waals surface area (Å²) in [7, 11) is 1.83. The molecule has 1 heterocycles. The standard InChI is InChI=1S/C15H20BrN3O2/c1-19(13-6-8-17-10-13)14(20)7-9-18-15(21)11-2-4-12(16)5-3-11/h2-5,13,17H,6-10H2,1H3,(H,18,21). The van der Waals surface area contributed by atoms with Crippen molar-refractivity contribution in [3.05, 3.63) is 34.3 Å². The van der Waals surface area contributed by atoms with Crippen molar-refractivity contribution in [2.45, 2.75) is 18.9 Å². The van der Waals surface area contributed by atoms with Crippen molar-refractivity contribution >= 4 is 27.7 Å². The highest BCUT2D eigenvalue weighted by Gasteiger charge is 2.22. The van der Waals surface area contributed by atoms with E-state index in [1.807, 2.05) is 19.2 Å². The van der Waals surface area contributed by atoms with Crippen molar-refractivity contribution in [3.8, 4) is 0 Å². The highest BCUT2D eigenvalue weighted by Crippen LogP contribution is 2.10. The number of carbonyl (C=O) groups is 2. The summed E-state index contributed by atoms with van der Waals surface area (Å²) >= 11 is 3.33. The lowest BCUT2D eigenvalue weighted by Gasteiger charge is -2.23. The molecule has 1 aliphatic rings. The fourth-order valence-corrected chi connectivity index (χ4v) is 2.60. The van der Waals surface area contributed by atoms with Crippen molar-refractivity contribution in [2.75, 3.05) is 26.7 Å².